The van der Waals surface area contributed by atoms with E-state index in [1.165, 1.54) is 29.8 Å². The van der Waals surface area contributed by atoms with Gasteiger partial charge in [-0.1, -0.05) is 47.1 Å². The van der Waals surface area contributed by atoms with Gasteiger partial charge in [0.2, 0.25) is 6.33 Å². The normalized spacial score (nSPS) is 22.0. The van der Waals surface area contributed by atoms with Crippen molar-refractivity contribution >= 4 is 0 Å². The molecule has 0 saturated heterocycles. The monoisotopic (exact) mass is 288 g/mol. The van der Waals surface area contributed by atoms with Gasteiger partial charge in [0.15, 0.2) is 0 Å². The first-order valence-electron chi connectivity index (χ1n) is 8.03. The number of hydrogen-bond donors (Lipinski definition) is 0. The number of nitrogens with zero attached hydrogens (tertiary/aromatic N) is 3. The Morgan fingerprint density at radius 3 is 2.73 bits per heavy atom. The van der Waals surface area contributed by atoms with Crippen LogP contribution in [-0.4, -0.2) is 9.78 Å². The highest BCUT2D eigenvalue weighted by Crippen LogP contribution is 2.39. The van der Waals surface area contributed by atoms with Gasteiger partial charge in [0, 0.05) is 17.4 Å². The average Bonchev–Trinajstić information content (AvgIpc) is 3.13. The van der Waals surface area contributed by atoms with E-state index < -0.39 is 0 Å². The highest BCUT2D eigenvalue weighted by atomic mass is 15.4. The SMILES string of the molecule is c1ccc(-n2c[n+]3c(n2)C[C@@H]2CCc4ccccc4[C@@H]23)cc1. The van der Waals surface area contributed by atoms with Crippen molar-refractivity contribution in [2.45, 2.75) is 25.3 Å². The number of para-hydroxylation sites is 1. The van der Waals surface area contributed by atoms with Crippen molar-refractivity contribution in [2.24, 2.45) is 5.92 Å². The largest absolute Gasteiger partial charge is 0.278 e. The molecule has 3 heteroatoms. The smallest absolute Gasteiger partial charge is 0.227 e. The van der Waals surface area contributed by atoms with Crippen LogP contribution in [0.1, 0.15) is 29.4 Å². The molecular weight excluding hydrogens is 270 g/mol. The molecule has 0 radical (unpaired) electrons. The minimum Gasteiger partial charge on any atom is -0.227 e. The lowest BCUT2D eigenvalue weighted by Crippen LogP contribution is -2.41. The predicted molar refractivity (Wildman–Crippen MR) is 83.9 cm³/mol. The lowest BCUT2D eigenvalue weighted by Gasteiger charge is -2.26. The van der Waals surface area contributed by atoms with Crippen molar-refractivity contribution in [3.63, 3.8) is 0 Å². The molecule has 2 heterocycles. The molecule has 2 aliphatic rings. The lowest BCUT2D eigenvalue weighted by atomic mass is 9.80. The molecule has 3 nitrogen and oxygen atoms in total. The summed E-state index contributed by atoms with van der Waals surface area (Å²) in [6.45, 7) is 0. The van der Waals surface area contributed by atoms with Crippen LogP contribution >= 0.6 is 0 Å². The zero-order valence-corrected chi connectivity index (χ0v) is 12.4. The average molecular weight is 288 g/mol. The minimum atomic E-state index is 0.470. The summed E-state index contributed by atoms with van der Waals surface area (Å²) in [5.41, 5.74) is 4.14. The van der Waals surface area contributed by atoms with E-state index in [0.717, 1.165) is 12.1 Å². The maximum Gasteiger partial charge on any atom is 0.278 e. The van der Waals surface area contributed by atoms with Gasteiger partial charge in [0.05, 0.1) is 0 Å². The standard InChI is InChI=1S/C19H18N3/c1-2-7-16(8-3-1)22-13-21-18(20-22)12-15-11-10-14-6-4-5-9-17(14)19(15)21/h1-9,13,15,19H,10-12H2/q+1/t15-,19+/m0/s1. The third kappa shape index (κ3) is 1.68. The lowest BCUT2D eigenvalue weighted by molar-refractivity contribution is -0.712. The van der Waals surface area contributed by atoms with Crippen molar-refractivity contribution in [1.82, 2.24) is 9.78 Å². The van der Waals surface area contributed by atoms with Crippen molar-refractivity contribution in [3.05, 3.63) is 77.9 Å². The summed E-state index contributed by atoms with van der Waals surface area (Å²) in [5.74, 6) is 1.93. The van der Waals surface area contributed by atoms with Crippen LogP contribution < -0.4 is 4.57 Å². The third-order valence-corrected chi connectivity index (χ3v) is 5.12. The van der Waals surface area contributed by atoms with E-state index in [0.29, 0.717) is 12.0 Å². The molecule has 0 spiro atoms. The van der Waals surface area contributed by atoms with E-state index in [1.807, 2.05) is 10.7 Å². The Morgan fingerprint density at radius 2 is 1.82 bits per heavy atom. The van der Waals surface area contributed by atoms with Gasteiger partial charge in [-0.05, 0) is 36.1 Å². The number of aromatic nitrogens is 3. The Balaban J connectivity index is 1.62. The fraction of sp³-hybridized carbons (Fsp3) is 0.263. The Bertz CT molecular complexity index is 835. The minimum absolute atomic E-state index is 0.470. The second-order valence-electron chi connectivity index (χ2n) is 6.37. The zero-order chi connectivity index (χ0) is 14.5. The van der Waals surface area contributed by atoms with Crippen molar-refractivity contribution < 1.29 is 4.57 Å². The Hall–Kier alpha value is -2.42. The number of fused-ring (bicyclic) bond motifs is 5. The van der Waals surface area contributed by atoms with Crippen molar-refractivity contribution in [2.75, 3.05) is 0 Å². The highest BCUT2D eigenvalue weighted by Gasteiger charge is 2.43. The molecule has 0 N–H and O–H groups in total. The Labute approximate surface area is 129 Å². The van der Waals surface area contributed by atoms with E-state index in [1.54, 1.807) is 0 Å². The maximum absolute atomic E-state index is 4.84. The fourth-order valence-corrected chi connectivity index (χ4v) is 4.10. The molecule has 0 fully saturated rings. The van der Waals surface area contributed by atoms with Crippen LogP contribution in [0.4, 0.5) is 0 Å². The molecule has 108 valence electrons. The predicted octanol–water partition coefficient (Wildman–Crippen LogP) is 2.87. The number of benzene rings is 2. The first-order chi connectivity index (χ1) is 10.9. The summed E-state index contributed by atoms with van der Waals surface area (Å²) in [6.07, 6.45) is 5.76. The number of hydrogen-bond acceptors (Lipinski definition) is 1. The van der Waals surface area contributed by atoms with Crippen LogP contribution in [0.15, 0.2) is 60.9 Å². The van der Waals surface area contributed by atoms with Crippen LogP contribution in [-0.2, 0) is 12.8 Å². The molecule has 0 amide bonds. The van der Waals surface area contributed by atoms with Crippen LogP contribution in [0.5, 0.6) is 0 Å². The first kappa shape index (κ1) is 12.2. The van der Waals surface area contributed by atoms with E-state index in [-0.39, 0.29) is 0 Å². The Morgan fingerprint density at radius 1 is 1.00 bits per heavy atom. The van der Waals surface area contributed by atoms with Crippen LogP contribution in [0, 0.1) is 5.92 Å². The molecular formula is C19H18N3+. The molecule has 0 saturated carbocycles. The van der Waals surface area contributed by atoms with Crippen molar-refractivity contribution in [3.8, 4) is 5.69 Å². The molecule has 1 aliphatic carbocycles. The van der Waals surface area contributed by atoms with E-state index in [2.05, 4.69) is 59.4 Å². The molecule has 0 unspecified atom stereocenters. The Kier molecular flexibility index (Phi) is 2.51. The summed E-state index contributed by atoms with van der Waals surface area (Å²) >= 11 is 0. The topological polar surface area (TPSA) is 21.7 Å². The van der Waals surface area contributed by atoms with E-state index in [4.69, 9.17) is 5.10 Å². The highest BCUT2D eigenvalue weighted by molar-refractivity contribution is 5.33. The second-order valence-corrected chi connectivity index (χ2v) is 6.37. The van der Waals surface area contributed by atoms with E-state index >= 15 is 0 Å². The summed E-state index contributed by atoms with van der Waals surface area (Å²) < 4.78 is 4.42. The van der Waals surface area contributed by atoms with Gasteiger partial charge in [-0.3, -0.25) is 0 Å². The summed E-state index contributed by atoms with van der Waals surface area (Å²) in [4.78, 5) is 0. The molecule has 2 aromatic carbocycles. The van der Waals surface area contributed by atoms with Crippen molar-refractivity contribution in [1.29, 1.82) is 0 Å². The van der Waals surface area contributed by atoms with Crippen LogP contribution in [0.2, 0.25) is 0 Å². The van der Waals surface area contributed by atoms with Gasteiger partial charge < -0.3 is 0 Å². The molecule has 0 bridgehead atoms. The quantitative estimate of drug-likeness (QED) is 0.631. The first-order valence-corrected chi connectivity index (χ1v) is 8.03. The van der Waals surface area contributed by atoms with Gasteiger partial charge >= 0.3 is 0 Å². The molecule has 1 aliphatic heterocycles. The summed E-state index contributed by atoms with van der Waals surface area (Å²) in [7, 11) is 0. The van der Waals surface area contributed by atoms with Crippen LogP contribution in [0.3, 0.4) is 0 Å². The molecule has 2 atom stereocenters. The number of aryl methyl sites for hydroxylation is 1. The maximum atomic E-state index is 4.84. The zero-order valence-electron chi connectivity index (χ0n) is 12.4. The summed E-state index contributed by atoms with van der Waals surface area (Å²) in [5, 5.41) is 4.84. The number of rotatable bonds is 1. The molecule has 3 aromatic rings. The van der Waals surface area contributed by atoms with Gasteiger partial charge in [-0.2, -0.15) is 0 Å². The molecule has 1 aromatic heterocycles. The third-order valence-electron chi connectivity index (χ3n) is 5.12. The van der Waals surface area contributed by atoms with E-state index in [9.17, 15) is 0 Å². The van der Waals surface area contributed by atoms with Gasteiger partial charge in [-0.25, -0.2) is 4.57 Å². The fourth-order valence-electron chi connectivity index (χ4n) is 4.10. The van der Waals surface area contributed by atoms with Gasteiger partial charge in [0.25, 0.3) is 5.82 Å². The van der Waals surface area contributed by atoms with Gasteiger partial charge in [0.1, 0.15) is 11.7 Å². The second kappa shape index (κ2) is 4.54. The molecule has 5 rings (SSSR count). The van der Waals surface area contributed by atoms with Crippen LogP contribution in [0.25, 0.3) is 5.69 Å². The summed E-state index contributed by atoms with van der Waals surface area (Å²) in [6, 6.07) is 19.8. The molecule has 22 heavy (non-hydrogen) atoms. The van der Waals surface area contributed by atoms with Gasteiger partial charge in [-0.15, -0.1) is 0 Å².